The van der Waals surface area contributed by atoms with Crippen LogP contribution in [-0.4, -0.2) is 13.5 Å². The molecule has 18 heavy (non-hydrogen) atoms. The molecular weight excluding hydrogens is 224 g/mol. The molecule has 0 radical (unpaired) electrons. The fraction of sp³-hybridized carbons (Fsp3) is 0.333. The van der Waals surface area contributed by atoms with Crippen molar-refractivity contribution in [3.8, 4) is 6.07 Å². The van der Waals surface area contributed by atoms with Crippen LogP contribution in [0.3, 0.4) is 0 Å². The summed E-state index contributed by atoms with van der Waals surface area (Å²) >= 11 is 0. The topological polar surface area (TPSA) is 40.9 Å². The first-order valence-corrected chi connectivity index (χ1v) is 5.93. The maximum absolute atomic E-state index is 11.6. The van der Waals surface area contributed by atoms with Crippen LogP contribution in [0.15, 0.2) is 30.0 Å². The molecule has 1 amide bonds. The zero-order chi connectivity index (χ0) is 13.6. The van der Waals surface area contributed by atoms with Crippen molar-refractivity contribution in [1.82, 2.24) is 4.48 Å². The molecule has 0 N–H and O–H groups in total. The van der Waals surface area contributed by atoms with Crippen molar-refractivity contribution in [3.63, 3.8) is 0 Å². The normalized spacial score (nSPS) is 26.7. The summed E-state index contributed by atoms with van der Waals surface area (Å²) in [6.07, 6.45) is 2.40. The van der Waals surface area contributed by atoms with Crippen molar-refractivity contribution in [2.75, 3.05) is 7.05 Å². The lowest BCUT2D eigenvalue weighted by molar-refractivity contribution is -0.115. The van der Waals surface area contributed by atoms with Crippen molar-refractivity contribution in [2.24, 2.45) is 0 Å². The quantitative estimate of drug-likeness (QED) is 0.431. The Morgan fingerprint density at radius 2 is 2.06 bits per heavy atom. The standard InChI is InChI=1S/C15H17N2O/c1-11-5-6-13-12(9-11)15(2,3)14(7-8-16)17(13,4)10-18/h5-7,9-10H,1-4H3/q+1. The lowest BCUT2D eigenvalue weighted by atomic mass is 9.83. The summed E-state index contributed by atoms with van der Waals surface area (Å²) in [5.41, 5.74) is 3.77. The first-order chi connectivity index (χ1) is 8.37. The molecule has 2 rings (SSSR count). The lowest BCUT2D eigenvalue weighted by Crippen LogP contribution is -2.42. The number of nitrogens with zero attached hydrogens (tertiary/aromatic N) is 2. The van der Waals surface area contributed by atoms with E-state index in [-0.39, 0.29) is 9.90 Å². The average Bonchev–Trinajstić information content (AvgIpc) is 2.49. The minimum absolute atomic E-state index is 0.0656. The van der Waals surface area contributed by atoms with Crippen LogP contribution < -0.4 is 4.48 Å². The van der Waals surface area contributed by atoms with E-state index in [1.165, 1.54) is 6.08 Å². The molecule has 0 bridgehead atoms. The SMILES string of the molecule is Cc1ccc2c(c1)C(C)(C)C(=CC#N)[N+]2(C)C=O. The van der Waals surface area contributed by atoms with E-state index in [1.807, 2.05) is 26.1 Å². The molecule has 0 saturated heterocycles. The molecule has 3 nitrogen and oxygen atoms in total. The van der Waals surface area contributed by atoms with Gasteiger partial charge in [-0.25, -0.2) is 9.28 Å². The maximum Gasteiger partial charge on any atom is 0.311 e. The van der Waals surface area contributed by atoms with Crippen molar-refractivity contribution >= 4 is 12.1 Å². The Bertz CT molecular complexity index is 593. The Morgan fingerprint density at radius 3 is 2.61 bits per heavy atom. The van der Waals surface area contributed by atoms with Crippen molar-refractivity contribution in [3.05, 3.63) is 41.1 Å². The highest BCUT2D eigenvalue weighted by atomic mass is 16.1. The van der Waals surface area contributed by atoms with Gasteiger partial charge in [0, 0.05) is 11.6 Å². The number of fused-ring (bicyclic) bond motifs is 1. The van der Waals surface area contributed by atoms with E-state index in [2.05, 4.69) is 26.0 Å². The molecule has 0 spiro atoms. The molecule has 0 aliphatic carbocycles. The molecule has 1 unspecified atom stereocenters. The number of allylic oxidation sites excluding steroid dienone is 2. The lowest BCUT2D eigenvalue weighted by Gasteiger charge is -2.26. The van der Waals surface area contributed by atoms with E-state index >= 15 is 0 Å². The van der Waals surface area contributed by atoms with Crippen LogP contribution in [0, 0.1) is 18.3 Å². The molecule has 92 valence electrons. The van der Waals surface area contributed by atoms with Gasteiger partial charge in [-0.2, -0.15) is 5.26 Å². The van der Waals surface area contributed by atoms with Gasteiger partial charge in [0.1, 0.15) is 11.4 Å². The highest BCUT2D eigenvalue weighted by Crippen LogP contribution is 2.50. The number of benzene rings is 1. The third-order valence-corrected chi connectivity index (χ3v) is 3.88. The van der Waals surface area contributed by atoms with Gasteiger partial charge in [-0.05, 0) is 26.8 Å². The number of quaternary nitrogens is 1. The van der Waals surface area contributed by atoms with E-state index in [4.69, 9.17) is 5.26 Å². The Kier molecular flexibility index (Phi) is 2.64. The number of carbonyl (C=O) groups is 1. The number of amides is 1. The molecule has 1 aromatic carbocycles. The van der Waals surface area contributed by atoms with Gasteiger partial charge in [0.15, 0.2) is 0 Å². The number of carbonyl (C=O) groups excluding carboxylic acids is 1. The highest BCUT2D eigenvalue weighted by molar-refractivity contribution is 5.82. The van der Waals surface area contributed by atoms with Crippen LogP contribution in [0.2, 0.25) is 0 Å². The monoisotopic (exact) mass is 241 g/mol. The number of likely N-dealkylation sites (N-methyl/N-ethyl adjacent to an activating group) is 1. The molecular formula is C15H17N2O+. The van der Waals surface area contributed by atoms with Crippen molar-refractivity contribution < 1.29 is 4.79 Å². The number of hydrogen-bond donors (Lipinski definition) is 0. The van der Waals surface area contributed by atoms with Crippen LogP contribution in [0.25, 0.3) is 0 Å². The van der Waals surface area contributed by atoms with Gasteiger partial charge in [-0.3, -0.25) is 0 Å². The van der Waals surface area contributed by atoms with Crippen LogP contribution in [0.1, 0.15) is 25.0 Å². The summed E-state index contributed by atoms with van der Waals surface area (Å²) in [7, 11) is 1.83. The van der Waals surface area contributed by atoms with Crippen molar-refractivity contribution in [2.45, 2.75) is 26.2 Å². The molecule has 1 aliphatic rings. The predicted octanol–water partition coefficient (Wildman–Crippen LogP) is 2.79. The average molecular weight is 241 g/mol. The fourth-order valence-corrected chi connectivity index (χ4v) is 2.89. The molecule has 1 aliphatic heterocycles. The molecule has 3 heteroatoms. The van der Waals surface area contributed by atoms with Crippen LogP contribution in [-0.2, 0) is 10.2 Å². The number of nitriles is 1. The van der Waals surface area contributed by atoms with E-state index < -0.39 is 0 Å². The Balaban J connectivity index is 2.84. The Morgan fingerprint density at radius 1 is 1.39 bits per heavy atom. The summed E-state index contributed by atoms with van der Waals surface area (Å²) in [6.45, 7) is 6.15. The van der Waals surface area contributed by atoms with Gasteiger partial charge in [0.2, 0.25) is 0 Å². The third kappa shape index (κ3) is 1.43. The molecule has 0 saturated carbocycles. The smallest absolute Gasteiger partial charge is 0.233 e. The highest BCUT2D eigenvalue weighted by Gasteiger charge is 2.52. The Labute approximate surface area is 108 Å². The molecule has 0 fully saturated rings. The van der Waals surface area contributed by atoms with E-state index in [0.717, 1.165) is 28.9 Å². The summed E-state index contributed by atoms with van der Waals surface area (Å²) in [5, 5.41) is 8.97. The second-order valence-corrected chi connectivity index (χ2v) is 5.49. The molecule has 1 aromatic rings. The van der Waals surface area contributed by atoms with Crippen LogP contribution >= 0.6 is 0 Å². The maximum atomic E-state index is 11.6. The van der Waals surface area contributed by atoms with E-state index in [0.29, 0.717) is 0 Å². The minimum Gasteiger partial charge on any atom is -0.233 e. The van der Waals surface area contributed by atoms with Gasteiger partial charge < -0.3 is 0 Å². The number of rotatable bonds is 1. The summed E-state index contributed by atoms with van der Waals surface area (Å²) in [6, 6.07) is 8.16. The third-order valence-electron chi connectivity index (χ3n) is 3.88. The largest absolute Gasteiger partial charge is 0.311 e. The first kappa shape index (κ1) is 12.5. The minimum atomic E-state index is -0.299. The molecule has 1 atom stereocenters. The van der Waals surface area contributed by atoms with E-state index in [9.17, 15) is 4.79 Å². The van der Waals surface area contributed by atoms with Gasteiger partial charge >= 0.3 is 6.41 Å². The van der Waals surface area contributed by atoms with Gasteiger partial charge in [0.25, 0.3) is 0 Å². The van der Waals surface area contributed by atoms with Crippen LogP contribution in [0.5, 0.6) is 0 Å². The predicted molar refractivity (Wildman–Crippen MR) is 71.7 cm³/mol. The zero-order valence-electron chi connectivity index (χ0n) is 11.2. The first-order valence-electron chi connectivity index (χ1n) is 5.93. The fourth-order valence-electron chi connectivity index (χ4n) is 2.89. The number of hydrogen-bond acceptors (Lipinski definition) is 2. The van der Waals surface area contributed by atoms with Gasteiger partial charge in [0.05, 0.1) is 24.6 Å². The van der Waals surface area contributed by atoms with Crippen LogP contribution in [0.4, 0.5) is 5.69 Å². The molecule has 0 aromatic heterocycles. The second-order valence-electron chi connectivity index (χ2n) is 5.49. The van der Waals surface area contributed by atoms with Gasteiger partial charge in [-0.15, -0.1) is 0 Å². The summed E-state index contributed by atoms with van der Waals surface area (Å²) in [5.74, 6) is 0. The van der Waals surface area contributed by atoms with Crippen molar-refractivity contribution in [1.29, 1.82) is 5.26 Å². The second kappa shape index (κ2) is 3.79. The van der Waals surface area contributed by atoms with Gasteiger partial charge in [-0.1, -0.05) is 11.6 Å². The van der Waals surface area contributed by atoms with E-state index in [1.54, 1.807) is 0 Å². The zero-order valence-corrected chi connectivity index (χ0v) is 11.2. The Hall–Kier alpha value is -1.92. The molecule has 1 heterocycles. The summed E-state index contributed by atoms with van der Waals surface area (Å²) < 4.78 is 0.0656. The number of aryl methyl sites for hydroxylation is 1. The summed E-state index contributed by atoms with van der Waals surface area (Å²) in [4.78, 5) is 11.6.